The number of hydrogen-bond acceptors (Lipinski definition) is 6. The van der Waals surface area contributed by atoms with Crippen molar-refractivity contribution in [3.63, 3.8) is 0 Å². The summed E-state index contributed by atoms with van der Waals surface area (Å²) in [5.74, 6) is -0.699. The number of amides is 1. The van der Waals surface area contributed by atoms with Crippen LogP contribution in [0.25, 0.3) is 5.76 Å². The molecule has 1 fully saturated rings. The van der Waals surface area contributed by atoms with Crippen molar-refractivity contribution in [3.8, 4) is 11.5 Å². The number of aromatic nitrogens is 1. The van der Waals surface area contributed by atoms with Gasteiger partial charge in [0.15, 0.2) is 11.5 Å². The van der Waals surface area contributed by atoms with E-state index in [2.05, 4.69) is 4.98 Å². The summed E-state index contributed by atoms with van der Waals surface area (Å²) in [6.45, 7) is 4.73. The Labute approximate surface area is 208 Å². The molecule has 1 aliphatic rings. The molecular weight excluding hydrogens is 468 g/mol. The van der Waals surface area contributed by atoms with E-state index in [1.807, 2.05) is 19.9 Å². The van der Waals surface area contributed by atoms with Gasteiger partial charge in [-0.25, -0.2) is 0 Å². The molecule has 0 bridgehead atoms. The van der Waals surface area contributed by atoms with Gasteiger partial charge in [0.1, 0.15) is 5.76 Å². The minimum Gasteiger partial charge on any atom is -0.507 e. The first-order chi connectivity index (χ1) is 16.9. The van der Waals surface area contributed by atoms with Crippen molar-refractivity contribution in [2.45, 2.75) is 26.4 Å². The number of ketones is 1. The van der Waals surface area contributed by atoms with Crippen LogP contribution in [0.3, 0.4) is 0 Å². The number of Topliss-reactive ketones (excluding diaryl/α,β-unsaturated/α-hetero) is 1. The number of rotatable bonds is 8. The Balaban J connectivity index is 1.88. The number of pyridine rings is 1. The monoisotopic (exact) mass is 492 g/mol. The van der Waals surface area contributed by atoms with E-state index in [1.165, 1.54) is 4.90 Å². The highest BCUT2D eigenvalue weighted by Crippen LogP contribution is 2.42. The quantitative estimate of drug-likeness (QED) is 0.265. The molecule has 1 N–H and O–H groups in total. The number of aliphatic hydroxyl groups excluding tert-OH is 1. The van der Waals surface area contributed by atoms with E-state index in [1.54, 1.807) is 60.9 Å². The Hall–Kier alpha value is -3.84. The number of benzene rings is 2. The maximum Gasteiger partial charge on any atom is 0.295 e. The van der Waals surface area contributed by atoms with Gasteiger partial charge in [-0.3, -0.25) is 14.6 Å². The van der Waals surface area contributed by atoms with Gasteiger partial charge in [-0.1, -0.05) is 23.7 Å². The Morgan fingerprint density at radius 2 is 1.74 bits per heavy atom. The molecule has 8 heteroatoms. The lowest BCUT2D eigenvalue weighted by atomic mass is 9.95. The van der Waals surface area contributed by atoms with Crippen LogP contribution in [0.15, 0.2) is 72.6 Å². The van der Waals surface area contributed by atoms with Gasteiger partial charge >= 0.3 is 0 Å². The third-order valence-electron chi connectivity index (χ3n) is 5.62. The van der Waals surface area contributed by atoms with Crippen LogP contribution in [0, 0.1) is 0 Å². The Morgan fingerprint density at radius 1 is 1.03 bits per heavy atom. The topological polar surface area (TPSA) is 89.0 Å². The number of halogens is 1. The predicted octanol–water partition coefficient (Wildman–Crippen LogP) is 5.15. The molecule has 2 aromatic carbocycles. The molecule has 3 aromatic rings. The molecular formula is C27H25ClN2O5. The average molecular weight is 493 g/mol. The Kier molecular flexibility index (Phi) is 7.36. The summed E-state index contributed by atoms with van der Waals surface area (Å²) < 4.78 is 11.4. The first-order valence-electron chi connectivity index (χ1n) is 11.3. The number of hydrogen-bond donors (Lipinski definition) is 1. The molecule has 2 heterocycles. The van der Waals surface area contributed by atoms with Gasteiger partial charge in [0.2, 0.25) is 0 Å². The summed E-state index contributed by atoms with van der Waals surface area (Å²) in [4.78, 5) is 32.0. The summed E-state index contributed by atoms with van der Waals surface area (Å²) in [6.07, 6.45) is 3.27. The fourth-order valence-corrected chi connectivity index (χ4v) is 4.21. The number of aliphatic hydroxyl groups is 1. The highest BCUT2D eigenvalue weighted by Gasteiger charge is 2.46. The van der Waals surface area contributed by atoms with E-state index in [-0.39, 0.29) is 17.9 Å². The Morgan fingerprint density at radius 3 is 2.40 bits per heavy atom. The molecule has 0 saturated carbocycles. The van der Waals surface area contributed by atoms with Gasteiger partial charge in [-0.15, -0.1) is 0 Å². The molecule has 35 heavy (non-hydrogen) atoms. The zero-order chi connectivity index (χ0) is 24.9. The number of ether oxygens (including phenoxy) is 2. The maximum absolute atomic E-state index is 13.2. The lowest BCUT2D eigenvalue weighted by Gasteiger charge is -2.26. The smallest absolute Gasteiger partial charge is 0.295 e. The SMILES string of the molecule is CCOc1ccc(C2/C(=C(\O)c3ccc(Cl)cc3)C(=O)C(=O)N2Cc2cccnc2)cc1OCC. The number of carbonyl (C=O) groups is 2. The van der Waals surface area contributed by atoms with Crippen LogP contribution in [0.2, 0.25) is 5.02 Å². The first kappa shape index (κ1) is 24.3. The molecule has 0 radical (unpaired) electrons. The average Bonchev–Trinajstić information content (AvgIpc) is 3.11. The van der Waals surface area contributed by atoms with Crippen molar-refractivity contribution in [2.24, 2.45) is 0 Å². The normalized spacial score (nSPS) is 17.0. The molecule has 1 aliphatic heterocycles. The fraction of sp³-hybridized carbons (Fsp3) is 0.222. The second-order valence-corrected chi connectivity index (χ2v) is 8.30. The van der Waals surface area contributed by atoms with Crippen LogP contribution >= 0.6 is 11.6 Å². The van der Waals surface area contributed by atoms with Gasteiger partial charge < -0.3 is 19.5 Å². The summed E-state index contributed by atoms with van der Waals surface area (Å²) in [5.41, 5.74) is 1.74. The van der Waals surface area contributed by atoms with Crippen molar-refractivity contribution in [1.82, 2.24) is 9.88 Å². The van der Waals surface area contributed by atoms with E-state index >= 15 is 0 Å². The summed E-state index contributed by atoms with van der Waals surface area (Å²) in [6, 6.07) is 14.4. The largest absolute Gasteiger partial charge is 0.507 e. The van der Waals surface area contributed by atoms with E-state index in [0.29, 0.717) is 40.9 Å². The highest BCUT2D eigenvalue weighted by molar-refractivity contribution is 6.46. The molecule has 1 unspecified atom stereocenters. The van der Waals surface area contributed by atoms with E-state index in [0.717, 1.165) is 5.56 Å². The van der Waals surface area contributed by atoms with Crippen molar-refractivity contribution in [1.29, 1.82) is 0 Å². The van der Waals surface area contributed by atoms with Crippen LogP contribution in [-0.2, 0) is 16.1 Å². The predicted molar refractivity (Wildman–Crippen MR) is 132 cm³/mol. The second-order valence-electron chi connectivity index (χ2n) is 7.87. The first-order valence-corrected chi connectivity index (χ1v) is 11.6. The molecule has 1 atom stereocenters. The van der Waals surface area contributed by atoms with Crippen LogP contribution in [-0.4, -0.2) is 39.9 Å². The maximum atomic E-state index is 13.2. The minimum atomic E-state index is -0.847. The van der Waals surface area contributed by atoms with E-state index < -0.39 is 17.7 Å². The Bertz CT molecular complexity index is 1260. The van der Waals surface area contributed by atoms with Gasteiger partial charge in [0.05, 0.1) is 24.8 Å². The number of nitrogens with zero attached hydrogens (tertiary/aromatic N) is 2. The summed E-state index contributed by atoms with van der Waals surface area (Å²) in [5, 5.41) is 11.7. The van der Waals surface area contributed by atoms with E-state index in [9.17, 15) is 14.7 Å². The molecule has 180 valence electrons. The van der Waals surface area contributed by atoms with E-state index in [4.69, 9.17) is 21.1 Å². The van der Waals surface area contributed by atoms with Crippen molar-refractivity contribution >= 4 is 29.1 Å². The van der Waals surface area contributed by atoms with Gasteiger partial charge in [-0.05, 0) is 67.4 Å². The van der Waals surface area contributed by atoms with Gasteiger partial charge in [0, 0.05) is 29.5 Å². The summed E-state index contributed by atoms with van der Waals surface area (Å²) >= 11 is 5.99. The van der Waals surface area contributed by atoms with Crippen LogP contribution in [0.4, 0.5) is 0 Å². The summed E-state index contributed by atoms with van der Waals surface area (Å²) in [7, 11) is 0. The third-order valence-corrected chi connectivity index (χ3v) is 5.87. The fourth-order valence-electron chi connectivity index (χ4n) is 4.08. The molecule has 1 aromatic heterocycles. The number of carbonyl (C=O) groups excluding carboxylic acids is 2. The van der Waals surface area contributed by atoms with Crippen molar-refractivity contribution in [3.05, 3.63) is 94.3 Å². The zero-order valence-corrected chi connectivity index (χ0v) is 20.2. The number of likely N-dealkylation sites (tertiary alicyclic amines) is 1. The lowest BCUT2D eigenvalue weighted by Crippen LogP contribution is -2.29. The van der Waals surface area contributed by atoms with Crippen LogP contribution in [0.5, 0.6) is 11.5 Å². The second kappa shape index (κ2) is 10.6. The van der Waals surface area contributed by atoms with Gasteiger partial charge in [-0.2, -0.15) is 0 Å². The van der Waals surface area contributed by atoms with Crippen LogP contribution in [0.1, 0.15) is 36.6 Å². The molecule has 1 saturated heterocycles. The van der Waals surface area contributed by atoms with Crippen molar-refractivity contribution < 1.29 is 24.2 Å². The molecule has 1 amide bonds. The molecule has 0 spiro atoms. The highest BCUT2D eigenvalue weighted by atomic mass is 35.5. The standard InChI is InChI=1S/C27H25ClN2O5/c1-3-34-21-12-9-19(14-22(21)35-4-2)24-23(25(31)18-7-10-20(28)11-8-18)26(32)27(33)30(24)16-17-6-5-13-29-15-17/h5-15,24,31H,3-4,16H2,1-2H3/b25-23+. The lowest BCUT2D eigenvalue weighted by molar-refractivity contribution is -0.140. The molecule has 0 aliphatic carbocycles. The van der Waals surface area contributed by atoms with Crippen molar-refractivity contribution in [2.75, 3.05) is 13.2 Å². The zero-order valence-electron chi connectivity index (χ0n) is 19.4. The third kappa shape index (κ3) is 5.00. The van der Waals surface area contributed by atoms with Crippen LogP contribution < -0.4 is 9.47 Å². The van der Waals surface area contributed by atoms with Gasteiger partial charge in [0.25, 0.3) is 11.7 Å². The molecule has 7 nitrogen and oxygen atoms in total. The minimum absolute atomic E-state index is 0.00665. The molecule has 4 rings (SSSR count).